The fraction of sp³-hybridized carbons (Fsp3) is 0.345. The van der Waals surface area contributed by atoms with Gasteiger partial charge in [-0.25, -0.2) is 4.79 Å². The number of carbonyl (C=O) groups is 5. The topological polar surface area (TPSA) is 273 Å². The molecule has 0 saturated heterocycles. The lowest BCUT2D eigenvalue weighted by molar-refractivity contribution is -0.192. The summed E-state index contributed by atoms with van der Waals surface area (Å²) in [5.74, 6) is -6.69. The molecule has 2 aromatic carbocycles. The molecule has 0 spiro atoms. The number of amides is 4. The van der Waals surface area contributed by atoms with E-state index in [4.69, 9.17) is 38.2 Å². The molecule has 4 amide bonds. The smallest absolute Gasteiger partial charge is 0.475 e. The summed E-state index contributed by atoms with van der Waals surface area (Å²) < 4.78 is 31.7. The maximum atomic E-state index is 13.5. The average molecular weight is 666 g/mol. The Morgan fingerprint density at radius 2 is 1.47 bits per heavy atom. The monoisotopic (exact) mass is 665 g/mol. The van der Waals surface area contributed by atoms with Crippen LogP contribution in [-0.2, 0) is 30.4 Å². The van der Waals surface area contributed by atoms with E-state index in [-0.39, 0.29) is 31.2 Å². The van der Waals surface area contributed by atoms with Gasteiger partial charge < -0.3 is 43.6 Å². The molecule has 0 heterocycles. The highest BCUT2D eigenvalue weighted by Crippen LogP contribution is 2.18. The van der Waals surface area contributed by atoms with Crippen molar-refractivity contribution >= 4 is 41.4 Å². The van der Waals surface area contributed by atoms with Gasteiger partial charge in [-0.1, -0.05) is 54.6 Å². The van der Waals surface area contributed by atoms with Gasteiger partial charge in [0.05, 0.1) is 0 Å². The van der Waals surface area contributed by atoms with Gasteiger partial charge in [0.2, 0.25) is 23.6 Å². The Morgan fingerprint density at radius 3 is 1.91 bits per heavy atom. The van der Waals surface area contributed by atoms with E-state index in [9.17, 15) is 32.3 Å². The van der Waals surface area contributed by atoms with Gasteiger partial charge in [-0.2, -0.15) is 13.2 Å². The summed E-state index contributed by atoms with van der Waals surface area (Å²) in [4.78, 5) is 66.1. The van der Waals surface area contributed by atoms with E-state index in [0.29, 0.717) is 23.1 Å². The molecule has 18 heteroatoms. The molecule has 2 aromatic rings. The number of hydrogen-bond donors (Lipinski definition) is 8. The number of aliphatic carboxylic acids is 1. The van der Waals surface area contributed by atoms with Gasteiger partial charge in [0.1, 0.15) is 23.8 Å². The second kappa shape index (κ2) is 18.3. The van der Waals surface area contributed by atoms with Crippen LogP contribution < -0.4 is 33.6 Å². The van der Waals surface area contributed by atoms with Crippen molar-refractivity contribution in [2.24, 2.45) is 33.8 Å². The van der Waals surface area contributed by atoms with Crippen LogP contribution in [0.15, 0.2) is 59.6 Å². The van der Waals surface area contributed by atoms with E-state index in [1.54, 1.807) is 54.6 Å². The number of nitrogens with one attached hydrogen (secondary N) is 3. The molecule has 0 fully saturated rings. The van der Waals surface area contributed by atoms with Crippen LogP contribution >= 0.6 is 0 Å². The van der Waals surface area contributed by atoms with Crippen molar-refractivity contribution in [1.82, 2.24) is 15.5 Å². The molecule has 0 aromatic heterocycles. The van der Waals surface area contributed by atoms with Crippen LogP contribution in [0, 0.1) is 11.3 Å². The Labute approximate surface area is 268 Å². The molecule has 0 aliphatic heterocycles. The predicted molar refractivity (Wildman–Crippen MR) is 165 cm³/mol. The zero-order valence-corrected chi connectivity index (χ0v) is 25.6. The Hall–Kier alpha value is -5.68. The first kappa shape index (κ1) is 39.3. The number of primary amides is 1. The predicted octanol–water partition coefficient (Wildman–Crippen LogP) is -0.268. The van der Waals surface area contributed by atoms with E-state index in [1.165, 1.54) is 19.0 Å². The van der Waals surface area contributed by atoms with Crippen LogP contribution in [0.2, 0.25) is 0 Å². The Balaban J connectivity index is 0.00000141. The fourth-order valence-corrected chi connectivity index (χ4v) is 3.89. The lowest BCUT2D eigenvalue weighted by Gasteiger charge is -2.25. The normalized spacial score (nSPS) is 12.5. The number of alkyl halides is 3. The largest absolute Gasteiger partial charge is 0.490 e. The number of benzene rings is 2. The third kappa shape index (κ3) is 13.9. The van der Waals surface area contributed by atoms with E-state index >= 15 is 0 Å². The van der Waals surface area contributed by atoms with Crippen LogP contribution in [0.4, 0.5) is 13.2 Å². The minimum atomic E-state index is -5.08. The van der Waals surface area contributed by atoms with Crippen molar-refractivity contribution < 1.29 is 42.3 Å². The van der Waals surface area contributed by atoms with E-state index in [0.717, 1.165) is 0 Å². The molecular weight excluding hydrogens is 627 g/mol. The maximum Gasteiger partial charge on any atom is 0.490 e. The quantitative estimate of drug-likeness (QED) is 0.0570. The zero-order chi connectivity index (χ0) is 35.9. The molecule has 3 atom stereocenters. The van der Waals surface area contributed by atoms with Gasteiger partial charge in [0.25, 0.3) is 0 Å². The highest BCUT2D eigenvalue weighted by atomic mass is 19.4. The van der Waals surface area contributed by atoms with Gasteiger partial charge in [0, 0.05) is 26.2 Å². The summed E-state index contributed by atoms with van der Waals surface area (Å²) in [7, 11) is 3.06. The van der Waals surface area contributed by atoms with Crippen LogP contribution in [-0.4, -0.2) is 84.3 Å². The lowest BCUT2D eigenvalue weighted by Crippen LogP contribution is -2.51. The SMILES string of the molecule is CN(C)C(=O)C(Cc1ccc(C(=N)N)cc1)C(=O)N[C@H](C(=O)N[C@@H](CCCN=C(N)N)C(N)=O)c1ccccc1.O=C(O)C(F)(F)F. The second-order valence-corrected chi connectivity index (χ2v) is 10.2. The zero-order valence-electron chi connectivity index (χ0n) is 25.6. The number of rotatable bonds is 14. The van der Waals surface area contributed by atoms with Crippen molar-refractivity contribution in [1.29, 1.82) is 5.41 Å². The molecule has 15 nitrogen and oxygen atoms in total. The Kier molecular flexibility index (Phi) is 15.3. The maximum absolute atomic E-state index is 13.5. The van der Waals surface area contributed by atoms with Gasteiger partial charge >= 0.3 is 12.1 Å². The van der Waals surface area contributed by atoms with Gasteiger partial charge in [-0.3, -0.25) is 29.6 Å². The first-order chi connectivity index (χ1) is 21.8. The summed E-state index contributed by atoms with van der Waals surface area (Å²) in [6, 6.07) is 12.8. The Bertz CT molecular complexity index is 1430. The number of nitrogen functional groups attached to an aromatic ring is 1. The van der Waals surface area contributed by atoms with Gasteiger partial charge in [-0.05, 0) is 30.4 Å². The number of carboxylic acid groups (broad SMARTS) is 1. The second-order valence-electron chi connectivity index (χ2n) is 10.2. The molecule has 12 N–H and O–H groups in total. The molecule has 2 rings (SSSR count). The molecule has 0 saturated carbocycles. The fourth-order valence-electron chi connectivity index (χ4n) is 3.89. The number of halogens is 3. The Morgan fingerprint density at radius 1 is 0.915 bits per heavy atom. The number of carbonyl (C=O) groups excluding carboxylic acids is 4. The number of amidine groups is 1. The third-order valence-corrected chi connectivity index (χ3v) is 6.29. The summed E-state index contributed by atoms with van der Waals surface area (Å²) >= 11 is 0. The van der Waals surface area contributed by atoms with Gasteiger partial charge in [-0.15, -0.1) is 0 Å². The van der Waals surface area contributed by atoms with Crippen molar-refractivity contribution in [3.05, 3.63) is 71.3 Å². The molecule has 0 radical (unpaired) electrons. The van der Waals surface area contributed by atoms with Crippen molar-refractivity contribution in [2.75, 3.05) is 20.6 Å². The minimum Gasteiger partial charge on any atom is -0.475 e. The van der Waals surface area contributed by atoms with Gasteiger partial charge in [0.15, 0.2) is 5.96 Å². The lowest BCUT2D eigenvalue weighted by atomic mass is 9.95. The summed E-state index contributed by atoms with van der Waals surface area (Å²) in [5.41, 5.74) is 23.3. The molecule has 47 heavy (non-hydrogen) atoms. The first-order valence-electron chi connectivity index (χ1n) is 13.8. The molecule has 0 bridgehead atoms. The highest BCUT2D eigenvalue weighted by molar-refractivity contribution is 6.02. The number of aliphatic imine (C=N–C) groups is 1. The molecular formula is C29H38F3N9O6. The molecule has 256 valence electrons. The van der Waals surface area contributed by atoms with Crippen LogP contribution in [0.25, 0.3) is 0 Å². The van der Waals surface area contributed by atoms with Crippen molar-refractivity contribution in [3.63, 3.8) is 0 Å². The number of carboxylic acids is 1. The van der Waals surface area contributed by atoms with Crippen LogP contribution in [0.5, 0.6) is 0 Å². The summed E-state index contributed by atoms with van der Waals surface area (Å²) in [6.45, 7) is 0.239. The number of nitrogens with two attached hydrogens (primary N) is 4. The van der Waals surface area contributed by atoms with Crippen molar-refractivity contribution in [2.45, 2.75) is 37.5 Å². The summed E-state index contributed by atoms with van der Waals surface area (Å²) in [6.07, 6.45) is -4.50. The molecule has 0 aliphatic carbocycles. The summed E-state index contributed by atoms with van der Waals surface area (Å²) in [5, 5.41) is 20.0. The van der Waals surface area contributed by atoms with E-state index in [2.05, 4.69) is 15.6 Å². The molecule has 1 unspecified atom stereocenters. The number of guanidine groups is 1. The minimum absolute atomic E-state index is 0.0405. The molecule has 0 aliphatic rings. The van der Waals surface area contributed by atoms with Crippen molar-refractivity contribution in [3.8, 4) is 0 Å². The number of hydrogen-bond acceptors (Lipinski definition) is 7. The highest BCUT2D eigenvalue weighted by Gasteiger charge is 2.38. The standard InChI is InChI=1S/C27H37N9O4.C2HF3O2/c1-36(2)26(40)19(15-16-10-12-18(13-11-16)22(28)29)24(38)35-21(17-7-4-3-5-8-17)25(39)34-20(23(30)37)9-6-14-33-27(31)32;3-2(4,5)1(6)7/h3-5,7-8,10-13,19-21H,6,9,14-15H2,1-2H3,(H3,28,29)(H2,30,37)(H,34,39)(H,35,38)(H4,31,32,33);(H,6,7)/t19?,20-,21-;/m0./s1. The average Bonchev–Trinajstić information content (AvgIpc) is 2.99. The number of nitrogens with zero attached hydrogens (tertiary/aromatic N) is 2. The van der Waals surface area contributed by atoms with Crippen LogP contribution in [0.3, 0.4) is 0 Å². The van der Waals surface area contributed by atoms with E-state index in [1.807, 2.05) is 0 Å². The van der Waals surface area contributed by atoms with E-state index < -0.39 is 53.8 Å². The first-order valence-corrected chi connectivity index (χ1v) is 13.8. The third-order valence-electron chi connectivity index (χ3n) is 6.29. The van der Waals surface area contributed by atoms with Crippen LogP contribution in [0.1, 0.15) is 35.6 Å².